The van der Waals surface area contributed by atoms with Crippen molar-refractivity contribution in [2.45, 2.75) is 11.3 Å². The van der Waals surface area contributed by atoms with E-state index in [0.717, 1.165) is 0 Å². The summed E-state index contributed by atoms with van der Waals surface area (Å²) in [6, 6.07) is 15.5. The number of hydrogen-bond acceptors (Lipinski definition) is 6. The Balaban J connectivity index is 1.54. The van der Waals surface area contributed by atoms with E-state index in [1.807, 2.05) is 0 Å². The van der Waals surface area contributed by atoms with Gasteiger partial charge < -0.3 is 10.6 Å². The molecular formula is C23H17BrClFN4O3S. The van der Waals surface area contributed by atoms with Gasteiger partial charge in [0.15, 0.2) is 9.84 Å². The van der Waals surface area contributed by atoms with Crippen LogP contribution in [0.25, 0.3) is 10.9 Å². The Morgan fingerprint density at radius 3 is 2.56 bits per heavy atom. The van der Waals surface area contributed by atoms with E-state index in [1.54, 1.807) is 30.3 Å². The van der Waals surface area contributed by atoms with Crippen LogP contribution in [0.3, 0.4) is 0 Å². The third-order valence-electron chi connectivity index (χ3n) is 4.88. The van der Waals surface area contributed by atoms with Crippen molar-refractivity contribution in [2.75, 3.05) is 16.4 Å². The Labute approximate surface area is 208 Å². The summed E-state index contributed by atoms with van der Waals surface area (Å²) in [7, 11) is -3.58. The van der Waals surface area contributed by atoms with Crippen LogP contribution in [0.5, 0.6) is 0 Å². The number of nitrogens with zero attached hydrogens (tertiary/aromatic N) is 2. The molecule has 11 heteroatoms. The molecule has 0 aliphatic carbocycles. The highest BCUT2D eigenvalue weighted by Gasteiger charge is 2.17. The van der Waals surface area contributed by atoms with E-state index < -0.39 is 21.6 Å². The number of benzene rings is 3. The van der Waals surface area contributed by atoms with Crippen LogP contribution in [0.15, 0.2) is 76.4 Å². The highest BCUT2D eigenvalue weighted by Crippen LogP contribution is 2.32. The van der Waals surface area contributed by atoms with Crippen LogP contribution in [-0.2, 0) is 14.6 Å². The van der Waals surface area contributed by atoms with E-state index in [9.17, 15) is 17.6 Å². The number of sulfone groups is 1. The van der Waals surface area contributed by atoms with Crippen molar-refractivity contribution in [3.05, 3.63) is 82.3 Å². The summed E-state index contributed by atoms with van der Waals surface area (Å²) in [5.41, 5.74) is 1.53. The van der Waals surface area contributed by atoms with Gasteiger partial charge in [-0.1, -0.05) is 29.8 Å². The zero-order chi connectivity index (χ0) is 24.3. The molecule has 0 saturated heterocycles. The van der Waals surface area contributed by atoms with Crippen LogP contribution in [-0.4, -0.2) is 30.0 Å². The lowest BCUT2D eigenvalue weighted by atomic mass is 10.2. The molecule has 4 aromatic rings. The number of carbonyl (C=O) groups excluding carboxylic acids is 1. The second-order valence-electron chi connectivity index (χ2n) is 7.26. The normalized spacial score (nSPS) is 11.4. The fraction of sp³-hybridized carbons (Fsp3) is 0.0870. The van der Waals surface area contributed by atoms with Gasteiger partial charge in [0.1, 0.15) is 18.0 Å². The number of carbonyl (C=O) groups is 1. The summed E-state index contributed by atoms with van der Waals surface area (Å²) in [5, 5.41) is 6.34. The van der Waals surface area contributed by atoms with Crippen molar-refractivity contribution in [1.82, 2.24) is 9.97 Å². The maximum absolute atomic E-state index is 13.5. The summed E-state index contributed by atoms with van der Waals surface area (Å²) in [5.74, 6) is -0.906. The van der Waals surface area contributed by atoms with E-state index in [0.29, 0.717) is 32.6 Å². The maximum atomic E-state index is 13.5. The minimum atomic E-state index is -3.58. The van der Waals surface area contributed by atoms with Gasteiger partial charge in [0.2, 0.25) is 5.91 Å². The third-order valence-corrected chi connectivity index (χ3v) is 7.56. The number of fused-ring (bicyclic) bond motifs is 1. The van der Waals surface area contributed by atoms with E-state index in [2.05, 4.69) is 36.5 Å². The average Bonchev–Trinajstić information content (AvgIpc) is 2.82. The van der Waals surface area contributed by atoms with Gasteiger partial charge in [0.05, 0.1) is 26.9 Å². The van der Waals surface area contributed by atoms with Crippen molar-refractivity contribution >= 4 is 71.4 Å². The molecule has 1 amide bonds. The number of halogens is 3. The van der Waals surface area contributed by atoms with Gasteiger partial charge in [-0.05, 0) is 58.4 Å². The predicted octanol–water partition coefficient (Wildman–Crippen LogP) is 5.73. The van der Waals surface area contributed by atoms with Crippen LogP contribution in [0.4, 0.5) is 21.6 Å². The Morgan fingerprint density at radius 2 is 1.82 bits per heavy atom. The van der Waals surface area contributed by atoms with Crippen LogP contribution in [0.2, 0.25) is 5.02 Å². The molecule has 0 aliphatic rings. The van der Waals surface area contributed by atoms with Gasteiger partial charge in [0.25, 0.3) is 0 Å². The molecule has 0 aliphatic heterocycles. The van der Waals surface area contributed by atoms with Crippen LogP contribution in [0, 0.1) is 5.82 Å². The van der Waals surface area contributed by atoms with E-state index in [1.165, 1.54) is 36.7 Å². The molecule has 1 aromatic heterocycles. The zero-order valence-corrected chi connectivity index (χ0v) is 20.6. The molecular weight excluding hydrogens is 547 g/mol. The van der Waals surface area contributed by atoms with E-state index >= 15 is 0 Å². The monoisotopic (exact) mass is 562 g/mol. The number of aromatic nitrogens is 2. The molecule has 0 fully saturated rings. The fourth-order valence-corrected chi connectivity index (χ4v) is 5.04. The minimum absolute atomic E-state index is 0.0375. The first-order valence-electron chi connectivity index (χ1n) is 9.97. The average molecular weight is 564 g/mol. The van der Waals surface area contributed by atoms with E-state index in [4.69, 9.17) is 11.6 Å². The molecule has 0 saturated carbocycles. The molecule has 174 valence electrons. The number of rotatable bonds is 7. The first-order chi connectivity index (χ1) is 16.2. The Hall–Kier alpha value is -3.08. The van der Waals surface area contributed by atoms with Crippen LogP contribution < -0.4 is 10.6 Å². The summed E-state index contributed by atoms with van der Waals surface area (Å²) < 4.78 is 38.9. The molecule has 34 heavy (non-hydrogen) atoms. The van der Waals surface area contributed by atoms with Gasteiger partial charge in [0, 0.05) is 22.0 Å². The van der Waals surface area contributed by atoms with Gasteiger partial charge in [-0.3, -0.25) is 4.79 Å². The number of anilines is 3. The first-order valence-corrected chi connectivity index (χ1v) is 12.8. The lowest BCUT2D eigenvalue weighted by Crippen LogP contribution is -2.17. The van der Waals surface area contributed by atoms with Gasteiger partial charge in [-0.25, -0.2) is 22.8 Å². The van der Waals surface area contributed by atoms with Crippen molar-refractivity contribution in [1.29, 1.82) is 0 Å². The lowest BCUT2D eigenvalue weighted by molar-refractivity contribution is -0.115. The number of nitrogens with one attached hydrogen (secondary N) is 2. The van der Waals surface area contributed by atoms with Gasteiger partial charge in [-0.2, -0.15) is 0 Å². The van der Waals surface area contributed by atoms with Gasteiger partial charge in [-0.15, -0.1) is 0 Å². The van der Waals surface area contributed by atoms with Crippen LogP contribution in [0.1, 0.15) is 6.42 Å². The predicted molar refractivity (Wildman–Crippen MR) is 134 cm³/mol. The molecule has 3 aromatic carbocycles. The standard InChI is InChI=1S/C23H17BrClFN4O3S/c24-17-12-20-16(23(28-13-27-20)29-14-6-7-19(26)18(25)10-14)11-21(17)30-22(31)8-9-34(32,33)15-4-2-1-3-5-15/h1-7,10-13H,8-9H2,(H,30,31)(H,27,28,29). The fourth-order valence-electron chi connectivity index (χ4n) is 3.17. The summed E-state index contributed by atoms with van der Waals surface area (Å²) in [4.78, 5) is 21.2. The molecule has 0 radical (unpaired) electrons. The van der Waals surface area contributed by atoms with Crippen LogP contribution >= 0.6 is 27.5 Å². The molecule has 0 bridgehead atoms. The number of amides is 1. The second-order valence-corrected chi connectivity index (χ2v) is 10.6. The second kappa shape index (κ2) is 10.0. The van der Waals surface area contributed by atoms with Crippen molar-refractivity contribution in [3.63, 3.8) is 0 Å². The molecule has 0 spiro atoms. The van der Waals surface area contributed by atoms with Crippen molar-refractivity contribution in [3.8, 4) is 0 Å². The Bertz CT molecular complexity index is 1490. The maximum Gasteiger partial charge on any atom is 0.225 e. The molecule has 2 N–H and O–H groups in total. The van der Waals surface area contributed by atoms with Gasteiger partial charge >= 0.3 is 0 Å². The smallest absolute Gasteiger partial charge is 0.225 e. The minimum Gasteiger partial charge on any atom is -0.340 e. The Morgan fingerprint density at radius 1 is 1.06 bits per heavy atom. The van der Waals surface area contributed by atoms with E-state index in [-0.39, 0.29) is 22.1 Å². The highest BCUT2D eigenvalue weighted by molar-refractivity contribution is 9.10. The highest BCUT2D eigenvalue weighted by atomic mass is 79.9. The molecule has 7 nitrogen and oxygen atoms in total. The quantitative estimate of drug-likeness (QED) is 0.298. The summed E-state index contributed by atoms with van der Waals surface area (Å²) in [6.45, 7) is 0. The summed E-state index contributed by atoms with van der Waals surface area (Å²) >= 11 is 9.27. The lowest BCUT2D eigenvalue weighted by Gasteiger charge is -2.12. The summed E-state index contributed by atoms with van der Waals surface area (Å²) in [6.07, 6.45) is 1.15. The molecule has 0 atom stereocenters. The molecule has 1 heterocycles. The number of hydrogen-bond donors (Lipinski definition) is 2. The first kappa shape index (κ1) is 24.1. The largest absolute Gasteiger partial charge is 0.340 e. The SMILES string of the molecule is O=C(CCS(=O)(=O)c1ccccc1)Nc1cc2c(Nc3ccc(F)c(Cl)c3)ncnc2cc1Br. The Kier molecular flexibility index (Phi) is 7.11. The zero-order valence-electron chi connectivity index (χ0n) is 17.4. The van der Waals surface area contributed by atoms with Crippen molar-refractivity contribution in [2.24, 2.45) is 0 Å². The third kappa shape index (κ3) is 5.52. The van der Waals surface area contributed by atoms with Crippen molar-refractivity contribution < 1.29 is 17.6 Å². The topological polar surface area (TPSA) is 101 Å². The molecule has 4 rings (SSSR count). The molecule has 0 unspecified atom stereocenters.